The SMILES string of the molecule is COc1cc2nc(Cl)c(Cl)nc2cc1I. The van der Waals surface area contributed by atoms with E-state index in [1.54, 1.807) is 13.2 Å². The van der Waals surface area contributed by atoms with Crippen molar-refractivity contribution in [1.29, 1.82) is 0 Å². The Hall–Kier alpha value is -0.330. The van der Waals surface area contributed by atoms with Crippen molar-refractivity contribution >= 4 is 56.8 Å². The van der Waals surface area contributed by atoms with E-state index in [9.17, 15) is 0 Å². The lowest BCUT2D eigenvalue weighted by Crippen LogP contribution is -1.91. The predicted molar refractivity (Wildman–Crippen MR) is 68.8 cm³/mol. The molecular weight excluding hydrogens is 350 g/mol. The van der Waals surface area contributed by atoms with E-state index in [2.05, 4.69) is 32.6 Å². The Balaban J connectivity index is 2.76. The first kappa shape index (κ1) is 11.2. The van der Waals surface area contributed by atoms with E-state index in [-0.39, 0.29) is 10.3 Å². The minimum atomic E-state index is 0.201. The summed E-state index contributed by atoms with van der Waals surface area (Å²) in [7, 11) is 1.61. The van der Waals surface area contributed by atoms with Crippen molar-refractivity contribution in [3.05, 3.63) is 26.0 Å². The van der Waals surface area contributed by atoms with Crippen LogP contribution in [0.3, 0.4) is 0 Å². The molecule has 3 nitrogen and oxygen atoms in total. The average Bonchev–Trinajstić information content (AvgIpc) is 2.20. The number of nitrogens with zero attached hydrogens (tertiary/aromatic N) is 2. The highest BCUT2D eigenvalue weighted by atomic mass is 127. The average molecular weight is 355 g/mol. The Morgan fingerprint density at radius 1 is 1.13 bits per heavy atom. The molecule has 0 saturated heterocycles. The molecule has 1 aromatic heterocycles. The van der Waals surface area contributed by atoms with E-state index in [1.807, 2.05) is 6.07 Å². The fourth-order valence-electron chi connectivity index (χ4n) is 1.17. The van der Waals surface area contributed by atoms with Crippen molar-refractivity contribution < 1.29 is 4.74 Å². The lowest BCUT2D eigenvalue weighted by molar-refractivity contribution is 0.412. The summed E-state index contributed by atoms with van der Waals surface area (Å²) in [6, 6.07) is 3.64. The van der Waals surface area contributed by atoms with Crippen LogP contribution in [0.15, 0.2) is 12.1 Å². The van der Waals surface area contributed by atoms with Crippen LogP contribution in [0, 0.1) is 3.57 Å². The molecule has 6 heteroatoms. The normalized spacial score (nSPS) is 10.7. The van der Waals surface area contributed by atoms with Crippen LogP contribution in [0.5, 0.6) is 5.75 Å². The Labute approximate surface area is 110 Å². The smallest absolute Gasteiger partial charge is 0.167 e. The van der Waals surface area contributed by atoms with Crippen LogP contribution < -0.4 is 4.74 Å². The molecule has 15 heavy (non-hydrogen) atoms. The van der Waals surface area contributed by atoms with Crippen molar-refractivity contribution in [2.45, 2.75) is 0 Å². The second-order valence-electron chi connectivity index (χ2n) is 2.78. The van der Waals surface area contributed by atoms with Crippen molar-refractivity contribution in [3.63, 3.8) is 0 Å². The first-order valence-corrected chi connectivity index (χ1v) is 5.81. The monoisotopic (exact) mass is 354 g/mol. The largest absolute Gasteiger partial charge is 0.496 e. The molecule has 0 bridgehead atoms. The van der Waals surface area contributed by atoms with Gasteiger partial charge in [0.05, 0.1) is 21.7 Å². The number of fused-ring (bicyclic) bond motifs is 1. The van der Waals surface area contributed by atoms with Gasteiger partial charge in [0.15, 0.2) is 10.3 Å². The van der Waals surface area contributed by atoms with Crippen molar-refractivity contribution in [2.75, 3.05) is 7.11 Å². The second kappa shape index (κ2) is 4.27. The van der Waals surface area contributed by atoms with Gasteiger partial charge in [-0.05, 0) is 28.7 Å². The number of methoxy groups -OCH3 is 1. The van der Waals surface area contributed by atoms with Crippen LogP contribution in [0.1, 0.15) is 0 Å². The highest BCUT2D eigenvalue weighted by molar-refractivity contribution is 14.1. The summed E-state index contributed by atoms with van der Waals surface area (Å²) in [6.45, 7) is 0. The molecule has 2 rings (SSSR count). The van der Waals surface area contributed by atoms with Crippen molar-refractivity contribution in [3.8, 4) is 5.75 Å². The van der Waals surface area contributed by atoms with Gasteiger partial charge in [-0.2, -0.15) is 0 Å². The number of benzene rings is 1. The maximum atomic E-state index is 5.77. The second-order valence-corrected chi connectivity index (χ2v) is 4.66. The van der Waals surface area contributed by atoms with Crippen LogP contribution in [-0.4, -0.2) is 17.1 Å². The van der Waals surface area contributed by atoms with Gasteiger partial charge in [0, 0.05) is 6.07 Å². The number of hydrogen-bond donors (Lipinski definition) is 0. The summed E-state index contributed by atoms with van der Waals surface area (Å²) in [5.74, 6) is 0.746. The lowest BCUT2D eigenvalue weighted by Gasteiger charge is -2.05. The maximum Gasteiger partial charge on any atom is 0.167 e. The van der Waals surface area contributed by atoms with Crippen molar-refractivity contribution in [1.82, 2.24) is 9.97 Å². The zero-order valence-corrected chi connectivity index (χ0v) is 11.3. The molecule has 0 N–H and O–H groups in total. The topological polar surface area (TPSA) is 35.0 Å². The summed E-state index contributed by atoms with van der Waals surface area (Å²) in [6.07, 6.45) is 0. The third kappa shape index (κ3) is 2.11. The van der Waals surface area contributed by atoms with Gasteiger partial charge in [-0.1, -0.05) is 23.2 Å². The summed E-state index contributed by atoms with van der Waals surface area (Å²) >= 11 is 13.7. The molecule has 78 valence electrons. The number of halogens is 3. The Kier molecular flexibility index (Phi) is 3.18. The molecule has 0 aliphatic carbocycles. The number of rotatable bonds is 1. The Bertz CT molecular complexity index is 533. The summed E-state index contributed by atoms with van der Waals surface area (Å²) in [5.41, 5.74) is 1.37. The minimum absolute atomic E-state index is 0.201. The van der Waals surface area contributed by atoms with E-state index < -0.39 is 0 Å². The summed E-state index contributed by atoms with van der Waals surface area (Å²) < 4.78 is 6.13. The molecule has 2 aromatic rings. The van der Waals surface area contributed by atoms with Crippen molar-refractivity contribution in [2.24, 2.45) is 0 Å². The Morgan fingerprint density at radius 2 is 1.67 bits per heavy atom. The summed E-state index contributed by atoms with van der Waals surface area (Å²) in [5, 5.41) is 0.414. The molecule has 0 radical (unpaired) electrons. The molecule has 0 spiro atoms. The standard InChI is InChI=1S/C9H5Cl2IN2O/c1-15-7-3-6-5(2-4(7)12)13-8(10)9(11)14-6/h2-3H,1H3. The molecule has 0 unspecified atom stereocenters. The highest BCUT2D eigenvalue weighted by Crippen LogP contribution is 2.28. The fourth-order valence-corrected chi connectivity index (χ4v) is 2.11. The molecule has 0 amide bonds. The molecule has 1 heterocycles. The third-order valence-electron chi connectivity index (χ3n) is 1.86. The van der Waals surface area contributed by atoms with Crippen LogP contribution in [-0.2, 0) is 0 Å². The van der Waals surface area contributed by atoms with E-state index in [4.69, 9.17) is 27.9 Å². The molecular formula is C9H5Cl2IN2O. The van der Waals surface area contributed by atoms with Crippen LogP contribution in [0.2, 0.25) is 10.3 Å². The first-order valence-electron chi connectivity index (χ1n) is 3.98. The van der Waals surface area contributed by atoms with Crippen LogP contribution >= 0.6 is 45.8 Å². The van der Waals surface area contributed by atoms with E-state index in [1.165, 1.54) is 0 Å². The zero-order chi connectivity index (χ0) is 11.0. The molecule has 0 aliphatic heterocycles. The minimum Gasteiger partial charge on any atom is -0.496 e. The van der Waals surface area contributed by atoms with Gasteiger partial charge in [-0.15, -0.1) is 0 Å². The lowest BCUT2D eigenvalue weighted by atomic mass is 10.3. The first-order chi connectivity index (χ1) is 7.11. The number of aromatic nitrogens is 2. The Morgan fingerprint density at radius 3 is 2.20 bits per heavy atom. The number of ether oxygens (including phenoxy) is 1. The van der Waals surface area contributed by atoms with Gasteiger partial charge in [0.1, 0.15) is 5.75 Å². The summed E-state index contributed by atoms with van der Waals surface area (Å²) in [4.78, 5) is 8.23. The van der Waals surface area contributed by atoms with Gasteiger partial charge < -0.3 is 4.74 Å². The third-order valence-corrected chi connectivity index (χ3v) is 3.32. The molecule has 1 aromatic carbocycles. The van der Waals surface area contributed by atoms with Gasteiger partial charge >= 0.3 is 0 Å². The van der Waals surface area contributed by atoms with Gasteiger partial charge in [-0.25, -0.2) is 9.97 Å². The molecule has 0 fully saturated rings. The van der Waals surface area contributed by atoms with E-state index >= 15 is 0 Å². The van der Waals surface area contributed by atoms with E-state index in [0.29, 0.717) is 11.0 Å². The van der Waals surface area contributed by atoms with Gasteiger partial charge in [-0.3, -0.25) is 0 Å². The zero-order valence-electron chi connectivity index (χ0n) is 7.59. The molecule has 0 aliphatic rings. The number of hydrogen-bond acceptors (Lipinski definition) is 3. The predicted octanol–water partition coefficient (Wildman–Crippen LogP) is 3.55. The van der Waals surface area contributed by atoms with Gasteiger partial charge in [0.25, 0.3) is 0 Å². The van der Waals surface area contributed by atoms with Gasteiger partial charge in [0.2, 0.25) is 0 Å². The highest BCUT2D eigenvalue weighted by Gasteiger charge is 2.08. The quantitative estimate of drug-likeness (QED) is 0.734. The maximum absolute atomic E-state index is 5.77. The van der Waals surface area contributed by atoms with Crippen LogP contribution in [0.25, 0.3) is 11.0 Å². The van der Waals surface area contributed by atoms with Crippen LogP contribution in [0.4, 0.5) is 0 Å². The molecule has 0 atom stereocenters. The van der Waals surface area contributed by atoms with E-state index in [0.717, 1.165) is 9.32 Å². The molecule has 0 saturated carbocycles. The fraction of sp³-hybridized carbons (Fsp3) is 0.111.